The van der Waals surface area contributed by atoms with Gasteiger partial charge in [0.15, 0.2) is 0 Å². The summed E-state index contributed by atoms with van der Waals surface area (Å²) in [6.45, 7) is 1.10. The number of amides is 1. The van der Waals surface area contributed by atoms with E-state index in [1.54, 1.807) is 4.90 Å². The van der Waals surface area contributed by atoms with Crippen LogP contribution in [-0.2, 0) is 4.79 Å². The van der Waals surface area contributed by atoms with Crippen LogP contribution in [0.15, 0.2) is 30.3 Å². The Balaban J connectivity index is 1.95. The number of β-amino-alcohol motifs (C(OH)–C–C–N with tert-alkyl or cyclic N) is 1. The first-order chi connectivity index (χ1) is 8.20. The van der Waals surface area contributed by atoms with Crippen LogP contribution in [0.3, 0.4) is 0 Å². The number of nitrogens with zero attached hydrogens (tertiary/aromatic N) is 1. The van der Waals surface area contributed by atoms with Crippen LogP contribution in [0.5, 0.6) is 0 Å². The lowest BCUT2D eigenvalue weighted by Gasteiger charge is -2.20. The maximum Gasteiger partial charge on any atom is 0.223 e. The lowest BCUT2D eigenvalue weighted by molar-refractivity contribution is -0.128. The van der Waals surface area contributed by atoms with Crippen LogP contribution in [0.2, 0.25) is 0 Å². The Bertz CT molecular complexity index is 382. The highest BCUT2D eigenvalue weighted by molar-refractivity contribution is 7.80. The molecule has 1 N–H and O–H groups in total. The third kappa shape index (κ3) is 3.01. The molecule has 92 valence electrons. The molecule has 1 aliphatic rings. The van der Waals surface area contributed by atoms with Crippen molar-refractivity contribution in [1.82, 2.24) is 4.90 Å². The van der Waals surface area contributed by atoms with Gasteiger partial charge in [0.25, 0.3) is 0 Å². The second kappa shape index (κ2) is 5.56. The number of benzene rings is 1. The highest BCUT2D eigenvalue weighted by Crippen LogP contribution is 2.22. The number of carbonyl (C=O) groups is 1. The second-order valence-corrected chi connectivity index (χ2v) is 4.84. The molecule has 1 aliphatic heterocycles. The minimum absolute atomic E-state index is 0.124. The Kier molecular flexibility index (Phi) is 4.07. The molecule has 4 heteroatoms. The third-order valence-electron chi connectivity index (χ3n) is 3.13. The van der Waals surface area contributed by atoms with Crippen LogP contribution in [0.4, 0.5) is 0 Å². The molecular formula is C13H17NO2S. The van der Waals surface area contributed by atoms with E-state index in [1.807, 2.05) is 30.3 Å². The first-order valence-electron chi connectivity index (χ1n) is 5.82. The molecule has 1 aromatic rings. The van der Waals surface area contributed by atoms with Crippen LogP contribution >= 0.6 is 12.6 Å². The van der Waals surface area contributed by atoms with Crippen LogP contribution in [0.1, 0.15) is 18.1 Å². The van der Waals surface area contributed by atoms with Crippen molar-refractivity contribution in [2.45, 2.75) is 12.5 Å². The summed E-state index contributed by atoms with van der Waals surface area (Å²) >= 11 is 4.22. The molecule has 1 unspecified atom stereocenters. The molecule has 0 aromatic heterocycles. The van der Waals surface area contributed by atoms with E-state index in [0.717, 1.165) is 11.3 Å². The minimum Gasteiger partial charge on any atom is -0.387 e. The van der Waals surface area contributed by atoms with Gasteiger partial charge < -0.3 is 10.0 Å². The zero-order valence-electron chi connectivity index (χ0n) is 9.62. The topological polar surface area (TPSA) is 40.5 Å². The Labute approximate surface area is 107 Å². The van der Waals surface area contributed by atoms with Crippen LogP contribution in [0.25, 0.3) is 0 Å². The molecule has 2 atom stereocenters. The van der Waals surface area contributed by atoms with Gasteiger partial charge in [0.2, 0.25) is 5.91 Å². The van der Waals surface area contributed by atoms with E-state index in [-0.39, 0.29) is 5.91 Å². The quantitative estimate of drug-likeness (QED) is 0.796. The van der Waals surface area contributed by atoms with Gasteiger partial charge in [-0.3, -0.25) is 4.79 Å². The number of likely N-dealkylation sites (tertiary alicyclic amines) is 1. The normalized spacial score (nSPS) is 21.9. The van der Waals surface area contributed by atoms with Crippen molar-refractivity contribution in [1.29, 1.82) is 0 Å². The fraction of sp³-hybridized carbons (Fsp3) is 0.462. The number of hydrogen-bond acceptors (Lipinski definition) is 3. The number of thiol groups is 1. The SMILES string of the molecule is O=C1CC(CS)CN1C[C@@H](O)c1ccccc1. The first-order valence-corrected chi connectivity index (χ1v) is 6.45. The highest BCUT2D eigenvalue weighted by atomic mass is 32.1. The van der Waals surface area contributed by atoms with Gasteiger partial charge in [-0.1, -0.05) is 30.3 Å². The number of rotatable bonds is 4. The summed E-state index contributed by atoms with van der Waals surface area (Å²) in [6, 6.07) is 9.44. The monoisotopic (exact) mass is 251 g/mol. The molecular weight excluding hydrogens is 234 g/mol. The third-order valence-corrected chi connectivity index (χ3v) is 3.65. The van der Waals surface area contributed by atoms with Gasteiger partial charge in [0.1, 0.15) is 0 Å². The van der Waals surface area contributed by atoms with E-state index in [1.165, 1.54) is 0 Å². The van der Waals surface area contributed by atoms with Crippen molar-refractivity contribution >= 4 is 18.5 Å². The molecule has 3 nitrogen and oxygen atoms in total. The van der Waals surface area contributed by atoms with Crippen molar-refractivity contribution in [2.24, 2.45) is 5.92 Å². The van der Waals surface area contributed by atoms with Gasteiger partial charge in [-0.2, -0.15) is 12.6 Å². The molecule has 2 rings (SSSR count). The largest absolute Gasteiger partial charge is 0.387 e. The molecule has 1 fully saturated rings. The Morgan fingerprint density at radius 1 is 1.41 bits per heavy atom. The maximum atomic E-state index is 11.7. The zero-order chi connectivity index (χ0) is 12.3. The molecule has 1 aromatic carbocycles. The van der Waals surface area contributed by atoms with Crippen molar-refractivity contribution in [2.75, 3.05) is 18.8 Å². The van der Waals surface area contributed by atoms with Crippen LogP contribution in [0, 0.1) is 5.92 Å². The summed E-state index contributed by atoms with van der Waals surface area (Å²) in [5, 5.41) is 10.0. The fourth-order valence-corrected chi connectivity index (χ4v) is 2.39. The molecule has 0 aliphatic carbocycles. The van der Waals surface area contributed by atoms with Crippen molar-refractivity contribution in [3.05, 3.63) is 35.9 Å². The first kappa shape index (κ1) is 12.5. The van der Waals surface area contributed by atoms with Gasteiger partial charge in [-0.15, -0.1) is 0 Å². The van der Waals surface area contributed by atoms with E-state index in [9.17, 15) is 9.90 Å². The standard InChI is InChI=1S/C13H17NO2S/c15-12(11-4-2-1-3-5-11)8-14-7-10(9-17)6-13(14)16/h1-5,10,12,15,17H,6-9H2/t10?,12-/m1/s1. The van der Waals surface area contributed by atoms with Gasteiger partial charge in [-0.05, 0) is 17.2 Å². The van der Waals surface area contributed by atoms with Gasteiger partial charge >= 0.3 is 0 Å². The average Bonchev–Trinajstić information content (AvgIpc) is 2.71. The lowest BCUT2D eigenvalue weighted by Crippen LogP contribution is -2.30. The molecule has 0 spiro atoms. The Hall–Kier alpha value is -1.00. The van der Waals surface area contributed by atoms with E-state index in [4.69, 9.17) is 0 Å². The lowest BCUT2D eigenvalue weighted by atomic mass is 10.1. The molecule has 17 heavy (non-hydrogen) atoms. The molecule has 1 heterocycles. The van der Waals surface area contributed by atoms with Gasteiger partial charge in [0.05, 0.1) is 12.6 Å². The van der Waals surface area contributed by atoms with Gasteiger partial charge in [0, 0.05) is 13.0 Å². The molecule has 0 bridgehead atoms. The van der Waals surface area contributed by atoms with Crippen molar-refractivity contribution in [3.8, 4) is 0 Å². The Morgan fingerprint density at radius 2 is 2.12 bits per heavy atom. The summed E-state index contributed by atoms with van der Waals surface area (Å²) in [5.41, 5.74) is 0.856. The predicted molar refractivity (Wildman–Crippen MR) is 69.9 cm³/mol. The van der Waals surface area contributed by atoms with E-state index < -0.39 is 6.10 Å². The van der Waals surface area contributed by atoms with E-state index in [2.05, 4.69) is 12.6 Å². The summed E-state index contributed by atoms with van der Waals surface area (Å²) in [4.78, 5) is 13.4. The minimum atomic E-state index is -0.598. The van der Waals surface area contributed by atoms with Crippen molar-refractivity contribution < 1.29 is 9.90 Å². The van der Waals surface area contributed by atoms with Gasteiger partial charge in [-0.25, -0.2) is 0 Å². The maximum absolute atomic E-state index is 11.7. The molecule has 0 saturated carbocycles. The zero-order valence-corrected chi connectivity index (χ0v) is 10.5. The number of hydrogen-bond donors (Lipinski definition) is 2. The number of aliphatic hydroxyl groups excluding tert-OH is 1. The van der Waals surface area contributed by atoms with E-state index >= 15 is 0 Å². The molecule has 0 radical (unpaired) electrons. The van der Waals surface area contributed by atoms with Crippen LogP contribution in [-0.4, -0.2) is 34.8 Å². The number of carbonyl (C=O) groups excluding carboxylic acids is 1. The summed E-state index contributed by atoms with van der Waals surface area (Å²) in [7, 11) is 0. The molecule has 1 saturated heterocycles. The summed E-state index contributed by atoms with van der Waals surface area (Å²) in [6.07, 6.45) is -0.0378. The van der Waals surface area contributed by atoms with E-state index in [0.29, 0.717) is 25.4 Å². The highest BCUT2D eigenvalue weighted by Gasteiger charge is 2.29. The average molecular weight is 251 g/mol. The second-order valence-electron chi connectivity index (χ2n) is 4.48. The fourth-order valence-electron chi connectivity index (χ4n) is 2.14. The van der Waals surface area contributed by atoms with Crippen LogP contribution < -0.4 is 0 Å². The summed E-state index contributed by atoms with van der Waals surface area (Å²) < 4.78 is 0. The predicted octanol–water partition coefficient (Wildman–Crippen LogP) is 1.50. The smallest absolute Gasteiger partial charge is 0.223 e. The van der Waals surface area contributed by atoms with Crippen molar-refractivity contribution in [3.63, 3.8) is 0 Å². The Morgan fingerprint density at radius 3 is 2.71 bits per heavy atom. The molecule has 1 amide bonds. The number of aliphatic hydroxyl groups is 1. The summed E-state index contributed by atoms with van der Waals surface area (Å²) in [5.74, 6) is 1.18.